The zero-order valence-electron chi connectivity index (χ0n) is 16.5. The molecule has 29 heavy (non-hydrogen) atoms. The summed E-state index contributed by atoms with van der Waals surface area (Å²) in [4.78, 5) is 51.4. The van der Waals surface area contributed by atoms with Gasteiger partial charge in [0.05, 0.1) is 24.9 Å². The summed E-state index contributed by atoms with van der Waals surface area (Å²) >= 11 is 1.16. The highest BCUT2D eigenvalue weighted by molar-refractivity contribution is 7.10. The van der Waals surface area contributed by atoms with E-state index in [2.05, 4.69) is 15.6 Å². The van der Waals surface area contributed by atoms with E-state index in [1.807, 2.05) is 0 Å². The van der Waals surface area contributed by atoms with Crippen molar-refractivity contribution >= 4 is 40.6 Å². The number of rotatable bonds is 9. The van der Waals surface area contributed by atoms with E-state index in [-0.39, 0.29) is 55.2 Å². The maximum atomic E-state index is 12.4. The second-order valence-corrected chi connectivity index (χ2v) is 8.56. The van der Waals surface area contributed by atoms with Gasteiger partial charge in [0.1, 0.15) is 22.0 Å². The number of hydrogen-bond acceptors (Lipinski definition) is 9. The smallest absolute Gasteiger partial charge is 0.313 e. The van der Waals surface area contributed by atoms with Crippen LogP contribution in [0.15, 0.2) is 5.38 Å². The molecule has 0 saturated carbocycles. The van der Waals surface area contributed by atoms with Gasteiger partial charge in [-0.3, -0.25) is 24.6 Å². The van der Waals surface area contributed by atoms with Crippen LogP contribution in [0.25, 0.3) is 0 Å². The first kappa shape index (κ1) is 22.6. The third kappa shape index (κ3) is 6.43. The van der Waals surface area contributed by atoms with Gasteiger partial charge in [-0.2, -0.15) is 0 Å². The largest absolute Gasteiger partial charge is 0.460 e. The fourth-order valence-corrected chi connectivity index (χ4v) is 3.42. The van der Waals surface area contributed by atoms with Gasteiger partial charge >= 0.3 is 5.97 Å². The third-order valence-corrected chi connectivity index (χ3v) is 4.91. The van der Waals surface area contributed by atoms with Gasteiger partial charge in [0, 0.05) is 18.3 Å². The third-order valence-electron chi connectivity index (χ3n) is 4.06. The minimum absolute atomic E-state index is 0.0443. The van der Waals surface area contributed by atoms with Crippen LogP contribution < -0.4 is 16.4 Å². The lowest BCUT2D eigenvalue weighted by Crippen LogP contribution is -2.63. The van der Waals surface area contributed by atoms with Crippen molar-refractivity contribution in [1.29, 1.82) is 5.41 Å². The molecule has 1 saturated heterocycles. The van der Waals surface area contributed by atoms with E-state index in [0.29, 0.717) is 5.01 Å². The molecule has 10 nitrogen and oxygen atoms in total. The van der Waals surface area contributed by atoms with Crippen molar-refractivity contribution in [3.63, 3.8) is 0 Å². The van der Waals surface area contributed by atoms with E-state index >= 15 is 0 Å². The number of carbonyl (C=O) groups excluding carboxylic acids is 4. The van der Waals surface area contributed by atoms with Crippen LogP contribution in [0.4, 0.5) is 0 Å². The first-order valence-corrected chi connectivity index (χ1v) is 9.93. The predicted molar refractivity (Wildman–Crippen MR) is 106 cm³/mol. The molecular weight excluding hydrogens is 398 g/mol. The van der Waals surface area contributed by atoms with Gasteiger partial charge in [-0.15, -0.1) is 11.3 Å². The number of hydrogen-bond donors (Lipinski definition) is 4. The highest BCUT2D eigenvalue weighted by Gasteiger charge is 2.41. The number of aromatic nitrogens is 1. The standard InChI is InChI=1S/C18H25N5O5S/c1-18(2,3)28-15(26)5-14-22-11(8-29-14)16(20)12(24)4-9-10(23-17(9)27)7-21-13(25)6-19/h8-10,20H,4-7,19H2,1-3H3,(H,21,25)(H,23,27)/t9-,10+/m0/s1. The monoisotopic (exact) mass is 423 g/mol. The summed E-state index contributed by atoms with van der Waals surface area (Å²) in [5, 5.41) is 15.2. The van der Waals surface area contributed by atoms with Crippen molar-refractivity contribution < 1.29 is 23.9 Å². The van der Waals surface area contributed by atoms with Gasteiger partial charge < -0.3 is 21.1 Å². The van der Waals surface area contributed by atoms with Gasteiger partial charge in [0.2, 0.25) is 11.8 Å². The summed E-state index contributed by atoms with van der Waals surface area (Å²) in [6, 6.07) is -0.382. The van der Waals surface area contributed by atoms with Crippen LogP contribution in [-0.4, -0.2) is 59.0 Å². The number of ether oxygens (including phenoxy) is 1. The Morgan fingerprint density at radius 2 is 2.07 bits per heavy atom. The van der Waals surface area contributed by atoms with E-state index in [1.54, 1.807) is 20.8 Å². The molecule has 158 valence electrons. The van der Waals surface area contributed by atoms with Crippen molar-refractivity contribution in [2.24, 2.45) is 11.7 Å². The van der Waals surface area contributed by atoms with Gasteiger partial charge in [-0.1, -0.05) is 0 Å². The van der Waals surface area contributed by atoms with Gasteiger partial charge in [-0.25, -0.2) is 4.98 Å². The molecule has 0 radical (unpaired) electrons. The molecular formula is C18H25N5O5S. The maximum absolute atomic E-state index is 12.4. The van der Waals surface area contributed by atoms with Crippen LogP contribution in [0.5, 0.6) is 0 Å². The molecule has 11 heteroatoms. The summed E-state index contributed by atoms with van der Waals surface area (Å²) in [6.45, 7) is 5.29. The van der Waals surface area contributed by atoms with Crippen molar-refractivity contribution in [1.82, 2.24) is 15.6 Å². The lowest BCUT2D eigenvalue weighted by molar-refractivity contribution is -0.154. The van der Waals surface area contributed by atoms with Crippen LogP contribution in [0, 0.1) is 11.3 Å². The number of thiazole rings is 1. The molecule has 1 aliphatic heterocycles. The molecule has 1 fully saturated rings. The van der Waals surface area contributed by atoms with E-state index < -0.39 is 23.3 Å². The summed E-state index contributed by atoms with van der Waals surface area (Å²) in [5.41, 5.74) is 4.44. The summed E-state index contributed by atoms with van der Waals surface area (Å²) in [6.07, 6.45) is -0.204. The number of β-lactam (4-membered cyclic amide) rings is 1. The molecule has 0 unspecified atom stereocenters. The van der Waals surface area contributed by atoms with Crippen molar-refractivity contribution in [3.05, 3.63) is 16.1 Å². The fourth-order valence-electron chi connectivity index (χ4n) is 2.65. The second kappa shape index (κ2) is 9.23. The Balaban J connectivity index is 1.91. The number of nitrogens with two attached hydrogens (primary N) is 1. The van der Waals surface area contributed by atoms with Crippen LogP contribution in [0.1, 0.15) is 37.9 Å². The van der Waals surface area contributed by atoms with Gasteiger partial charge in [0.25, 0.3) is 0 Å². The number of Topliss-reactive ketones (excluding diaryl/α,β-unsaturated/α-hetero) is 1. The van der Waals surface area contributed by atoms with Crippen LogP contribution in [0.2, 0.25) is 0 Å². The SMILES string of the molecule is CC(C)(C)OC(=O)Cc1nc(C(=N)C(=O)C[C@@H]2C(=O)N[C@@H]2CNC(=O)CN)cs1. The van der Waals surface area contributed by atoms with Gasteiger partial charge in [0.15, 0.2) is 5.78 Å². The van der Waals surface area contributed by atoms with E-state index in [4.69, 9.17) is 15.9 Å². The lowest BCUT2D eigenvalue weighted by atomic mass is 9.85. The molecule has 2 atom stereocenters. The maximum Gasteiger partial charge on any atom is 0.313 e. The molecule has 5 N–H and O–H groups in total. The van der Waals surface area contributed by atoms with Gasteiger partial charge in [-0.05, 0) is 20.8 Å². The fraction of sp³-hybridized carbons (Fsp3) is 0.556. The number of amides is 2. The summed E-state index contributed by atoms with van der Waals surface area (Å²) < 4.78 is 5.23. The Bertz CT molecular complexity index is 829. The summed E-state index contributed by atoms with van der Waals surface area (Å²) in [7, 11) is 0. The Hall–Kier alpha value is -2.66. The van der Waals surface area contributed by atoms with Crippen molar-refractivity contribution in [3.8, 4) is 0 Å². The minimum Gasteiger partial charge on any atom is -0.460 e. The Kier molecular flexibility index (Phi) is 7.20. The number of ketones is 1. The molecule has 1 aromatic rings. The molecule has 0 spiro atoms. The number of nitrogens with zero attached hydrogens (tertiary/aromatic N) is 1. The molecule has 0 bridgehead atoms. The Labute approximate surface area is 172 Å². The average molecular weight is 423 g/mol. The molecule has 0 aliphatic carbocycles. The lowest BCUT2D eigenvalue weighted by Gasteiger charge is -2.36. The van der Waals surface area contributed by atoms with Crippen LogP contribution >= 0.6 is 11.3 Å². The van der Waals surface area contributed by atoms with E-state index in [1.165, 1.54) is 5.38 Å². The zero-order chi connectivity index (χ0) is 21.8. The first-order valence-electron chi connectivity index (χ1n) is 9.05. The second-order valence-electron chi connectivity index (χ2n) is 7.62. The normalized spacial score (nSPS) is 18.4. The van der Waals surface area contributed by atoms with Crippen LogP contribution in [-0.2, 0) is 30.3 Å². The molecule has 1 aliphatic rings. The quantitative estimate of drug-likeness (QED) is 0.237. The minimum atomic E-state index is -0.624. The number of carbonyl (C=O) groups is 4. The molecule has 2 heterocycles. The zero-order valence-corrected chi connectivity index (χ0v) is 17.4. The first-order chi connectivity index (χ1) is 13.5. The topological polar surface area (TPSA) is 164 Å². The molecule has 2 rings (SSSR count). The van der Waals surface area contributed by atoms with E-state index in [9.17, 15) is 19.2 Å². The molecule has 0 aromatic carbocycles. The van der Waals surface area contributed by atoms with Crippen molar-refractivity contribution in [2.75, 3.05) is 13.1 Å². The number of esters is 1. The van der Waals surface area contributed by atoms with E-state index in [0.717, 1.165) is 11.3 Å². The van der Waals surface area contributed by atoms with Crippen molar-refractivity contribution in [2.45, 2.75) is 45.3 Å². The predicted octanol–water partition coefficient (Wildman–Crippen LogP) is -0.456. The van der Waals surface area contributed by atoms with Crippen LogP contribution in [0.3, 0.4) is 0 Å². The highest BCUT2D eigenvalue weighted by Crippen LogP contribution is 2.21. The molecule has 2 amide bonds. The Morgan fingerprint density at radius 3 is 2.66 bits per heavy atom. The average Bonchev–Trinajstić information content (AvgIpc) is 3.08. The number of nitrogens with one attached hydrogen (secondary N) is 3. The summed E-state index contributed by atoms with van der Waals surface area (Å²) in [5.74, 6) is -2.26. The molecule has 1 aromatic heterocycles. The highest BCUT2D eigenvalue weighted by atomic mass is 32.1. The Morgan fingerprint density at radius 1 is 1.38 bits per heavy atom.